The van der Waals surface area contributed by atoms with Crippen LogP contribution in [0.4, 0.5) is 13.2 Å². The van der Waals surface area contributed by atoms with Gasteiger partial charge in [0.25, 0.3) is 0 Å². The Morgan fingerprint density at radius 2 is 1.74 bits per heavy atom. The van der Waals surface area contributed by atoms with Crippen LogP contribution in [0.1, 0.15) is 11.4 Å². The highest BCUT2D eigenvalue weighted by molar-refractivity contribution is 9.10. The van der Waals surface area contributed by atoms with Crippen molar-refractivity contribution in [1.29, 1.82) is 0 Å². The van der Waals surface area contributed by atoms with Crippen LogP contribution in [-0.4, -0.2) is 32.1 Å². The summed E-state index contributed by atoms with van der Waals surface area (Å²) in [5.41, 5.74) is 4.72. The van der Waals surface area contributed by atoms with Crippen molar-refractivity contribution in [2.45, 2.75) is 12.6 Å². The number of carboxylic acid groups (broad SMARTS) is 1. The minimum absolute atomic E-state index is 0.428. The monoisotopic (exact) mass is 511 g/mol. The van der Waals surface area contributed by atoms with Gasteiger partial charge in [0.05, 0.1) is 0 Å². The van der Waals surface area contributed by atoms with E-state index in [4.69, 9.17) is 26.5 Å². The Balaban J connectivity index is 0.000000339. The average Bonchev–Trinajstić information content (AvgIpc) is 3.15. The highest BCUT2D eigenvalue weighted by Crippen LogP contribution is 2.30. The van der Waals surface area contributed by atoms with Gasteiger partial charge in [0.1, 0.15) is 22.8 Å². The van der Waals surface area contributed by atoms with Crippen LogP contribution >= 0.6 is 27.5 Å². The molecule has 3 aromatic heterocycles. The van der Waals surface area contributed by atoms with Crippen molar-refractivity contribution in [3.05, 3.63) is 76.0 Å². The summed E-state index contributed by atoms with van der Waals surface area (Å²) in [6.45, 7) is 0. The SMILES string of the molecule is Clc1ncc(-c2ccncc2)c2nc(Cc3ccc(Br)cc3)[nH]c12.O=C([O-])C(F)(F)F. The van der Waals surface area contributed by atoms with Gasteiger partial charge < -0.3 is 14.9 Å². The summed E-state index contributed by atoms with van der Waals surface area (Å²) in [6.07, 6.45) is 0.772. The van der Waals surface area contributed by atoms with Gasteiger partial charge in [0.2, 0.25) is 0 Å². The number of carboxylic acids is 1. The van der Waals surface area contributed by atoms with Gasteiger partial charge in [-0.1, -0.05) is 39.7 Å². The van der Waals surface area contributed by atoms with Gasteiger partial charge in [-0.25, -0.2) is 9.97 Å². The zero-order valence-corrected chi connectivity index (χ0v) is 17.8. The Labute approximate surface area is 187 Å². The lowest BCUT2D eigenvalue weighted by molar-refractivity contribution is -0.344. The minimum atomic E-state index is -5.19. The molecule has 0 amide bonds. The van der Waals surface area contributed by atoms with Crippen LogP contribution in [0.15, 0.2) is 59.5 Å². The van der Waals surface area contributed by atoms with Crippen LogP contribution in [-0.2, 0) is 11.2 Å². The van der Waals surface area contributed by atoms with Crippen molar-refractivity contribution in [2.24, 2.45) is 0 Å². The van der Waals surface area contributed by atoms with Crippen molar-refractivity contribution < 1.29 is 23.1 Å². The first-order valence-electron chi connectivity index (χ1n) is 8.61. The van der Waals surface area contributed by atoms with Crippen LogP contribution in [0.2, 0.25) is 5.15 Å². The summed E-state index contributed by atoms with van der Waals surface area (Å²) < 4.78 is 32.6. The first kappa shape index (κ1) is 22.7. The second-order valence-corrected chi connectivity index (χ2v) is 7.47. The number of hydrogen-bond donors (Lipinski definition) is 1. The molecule has 160 valence electrons. The van der Waals surface area contributed by atoms with Crippen LogP contribution in [0.5, 0.6) is 0 Å². The minimum Gasteiger partial charge on any atom is -0.542 e. The largest absolute Gasteiger partial charge is 0.542 e. The average molecular weight is 513 g/mol. The molecule has 0 fully saturated rings. The fourth-order valence-corrected chi connectivity index (χ4v) is 3.09. The number of carbonyl (C=O) groups is 1. The molecule has 0 aliphatic rings. The third-order valence-corrected chi connectivity index (χ3v) is 4.84. The Kier molecular flexibility index (Phi) is 6.91. The summed E-state index contributed by atoms with van der Waals surface area (Å²) in [7, 11) is 0. The zero-order chi connectivity index (χ0) is 22.6. The molecule has 0 radical (unpaired) electrons. The first-order chi connectivity index (χ1) is 14.6. The number of H-pyrrole nitrogens is 1. The van der Waals surface area contributed by atoms with Gasteiger partial charge in [-0.3, -0.25) is 4.98 Å². The predicted molar refractivity (Wildman–Crippen MR) is 110 cm³/mol. The smallest absolute Gasteiger partial charge is 0.430 e. The fourth-order valence-electron chi connectivity index (χ4n) is 2.64. The van der Waals surface area contributed by atoms with E-state index in [9.17, 15) is 13.2 Å². The lowest BCUT2D eigenvalue weighted by Crippen LogP contribution is -2.37. The maximum Gasteiger partial charge on any atom is 0.430 e. The standard InChI is InChI=1S/C18H12BrClN4.C2HF3O2/c19-13-3-1-11(2-4-13)9-15-23-16-14(12-5-7-21-8-6-12)10-22-18(20)17(16)24-15;3-2(4,5)1(6)7/h1-8,10H,9H2,(H,23,24);(H,6,7)/p-1. The predicted octanol–water partition coefficient (Wildman–Crippen LogP) is 4.33. The Hall–Kier alpha value is -2.98. The molecule has 3 heterocycles. The highest BCUT2D eigenvalue weighted by atomic mass is 79.9. The van der Waals surface area contributed by atoms with Crippen molar-refractivity contribution >= 4 is 44.5 Å². The van der Waals surface area contributed by atoms with Crippen molar-refractivity contribution in [3.8, 4) is 11.1 Å². The molecule has 6 nitrogen and oxygen atoms in total. The molecule has 4 aromatic rings. The van der Waals surface area contributed by atoms with Crippen LogP contribution in [0, 0.1) is 0 Å². The number of rotatable bonds is 3. The molecule has 4 rings (SSSR count). The van der Waals surface area contributed by atoms with E-state index >= 15 is 0 Å². The van der Waals surface area contributed by atoms with Crippen LogP contribution in [0.25, 0.3) is 22.2 Å². The van der Waals surface area contributed by atoms with Crippen LogP contribution < -0.4 is 5.11 Å². The van der Waals surface area contributed by atoms with Crippen molar-refractivity contribution in [3.63, 3.8) is 0 Å². The molecule has 1 N–H and O–H groups in total. The lowest BCUT2D eigenvalue weighted by Gasteiger charge is -2.03. The van der Waals surface area contributed by atoms with E-state index in [1.54, 1.807) is 18.6 Å². The van der Waals surface area contributed by atoms with E-state index in [-0.39, 0.29) is 0 Å². The summed E-state index contributed by atoms with van der Waals surface area (Å²) in [5.74, 6) is -2.15. The van der Waals surface area contributed by atoms with Gasteiger partial charge >= 0.3 is 6.18 Å². The molecule has 31 heavy (non-hydrogen) atoms. The maximum atomic E-state index is 10.5. The number of aromatic nitrogens is 4. The number of fused-ring (bicyclic) bond motifs is 1. The lowest BCUT2D eigenvalue weighted by atomic mass is 10.1. The number of halogens is 5. The zero-order valence-electron chi connectivity index (χ0n) is 15.5. The number of alkyl halides is 3. The van der Waals surface area contributed by atoms with Crippen LogP contribution in [0.3, 0.4) is 0 Å². The van der Waals surface area contributed by atoms with E-state index in [1.807, 2.05) is 24.3 Å². The van der Waals surface area contributed by atoms with Gasteiger partial charge in [0, 0.05) is 35.0 Å². The van der Waals surface area contributed by atoms with Gasteiger partial charge in [-0.05, 0) is 35.4 Å². The van der Waals surface area contributed by atoms with E-state index in [1.165, 1.54) is 5.56 Å². The molecule has 0 aliphatic carbocycles. The van der Waals surface area contributed by atoms with Gasteiger partial charge in [-0.15, -0.1) is 0 Å². The number of imidazole rings is 1. The molecule has 0 saturated heterocycles. The van der Waals surface area contributed by atoms with E-state index in [0.29, 0.717) is 11.6 Å². The fraction of sp³-hybridized carbons (Fsp3) is 0.100. The second kappa shape index (κ2) is 9.44. The number of hydrogen-bond acceptors (Lipinski definition) is 5. The van der Waals surface area contributed by atoms with Gasteiger partial charge in [0.15, 0.2) is 5.15 Å². The third kappa shape index (κ3) is 5.80. The number of aliphatic carboxylic acids is 1. The highest BCUT2D eigenvalue weighted by Gasteiger charge is 2.28. The number of pyridine rings is 2. The first-order valence-corrected chi connectivity index (χ1v) is 9.78. The second-order valence-electron chi connectivity index (χ2n) is 6.19. The topological polar surface area (TPSA) is 94.6 Å². The van der Waals surface area contributed by atoms with E-state index < -0.39 is 12.1 Å². The van der Waals surface area contributed by atoms with E-state index in [0.717, 1.165) is 32.5 Å². The quantitative estimate of drug-likeness (QED) is 0.413. The molecule has 0 aliphatic heterocycles. The third-order valence-electron chi connectivity index (χ3n) is 4.03. The normalized spacial score (nSPS) is 11.1. The summed E-state index contributed by atoms with van der Waals surface area (Å²) in [5, 5.41) is 9.21. The molecule has 0 atom stereocenters. The molecular weight excluding hydrogens is 501 g/mol. The Morgan fingerprint density at radius 1 is 1.13 bits per heavy atom. The molecule has 1 aromatic carbocycles. The molecule has 0 bridgehead atoms. The van der Waals surface area contributed by atoms with Crippen molar-refractivity contribution in [2.75, 3.05) is 0 Å². The molecule has 11 heteroatoms. The van der Waals surface area contributed by atoms with E-state index in [2.05, 4.69) is 43.0 Å². The number of nitrogens with one attached hydrogen (secondary N) is 1. The number of aromatic amines is 1. The van der Waals surface area contributed by atoms with Gasteiger partial charge in [-0.2, -0.15) is 13.2 Å². The molecule has 0 saturated carbocycles. The molecular formula is C20H12BrClF3N4O2-. The van der Waals surface area contributed by atoms with Crippen molar-refractivity contribution in [1.82, 2.24) is 19.9 Å². The summed E-state index contributed by atoms with van der Waals surface area (Å²) in [6, 6.07) is 12.1. The number of nitrogens with zero attached hydrogens (tertiary/aromatic N) is 3. The number of benzene rings is 1. The Bertz CT molecular complexity index is 1200. The summed E-state index contributed by atoms with van der Waals surface area (Å²) >= 11 is 9.70. The Morgan fingerprint density at radius 3 is 2.32 bits per heavy atom. The maximum absolute atomic E-state index is 10.5. The summed E-state index contributed by atoms with van der Waals surface area (Å²) in [4.78, 5) is 25.2. The molecule has 0 spiro atoms. The molecule has 0 unspecified atom stereocenters. The number of carbonyl (C=O) groups excluding carboxylic acids is 1.